The number of aryl methyl sites for hydroxylation is 1. The molecule has 0 radical (unpaired) electrons. The summed E-state index contributed by atoms with van der Waals surface area (Å²) < 4.78 is 65.3. The fourth-order valence-corrected chi connectivity index (χ4v) is 4.17. The lowest BCUT2D eigenvalue weighted by molar-refractivity contribution is -0.800. The van der Waals surface area contributed by atoms with Crippen LogP contribution in [-0.2, 0) is 27.3 Å². The van der Waals surface area contributed by atoms with Crippen LogP contribution in [0.25, 0.3) is 17.1 Å². The molecule has 0 unspecified atom stereocenters. The maximum atomic E-state index is 12.1. The van der Waals surface area contributed by atoms with Crippen LogP contribution in [-0.4, -0.2) is 40.9 Å². The van der Waals surface area contributed by atoms with Crippen molar-refractivity contribution >= 4 is 31.6 Å². The molecule has 0 spiro atoms. The number of hydrogen-bond donors (Lipinski definition) is 2. The zero-order chi connectivity index (χ0) is 24.5. The Kier molecular flexibility index (Phi) is 6.05. The summed E-state index contributed by atoms with van der Waals surface area (Å²) in [6.07, 6.45) is 0. The third-order valence-electron chi connectivity index (χ3n) is 4.59. The molecule has 0 bridgehead atoms. The topological polar surface area (TPSA) is 168 Å². The molecule has 4 rings (SSSR count). The molecule has 34 heavy (non-hydrogen) atoms. The molecule has 1 aromatic heterocycles. The van der Waals surface area contributed by atoms with Crippen LogP contribution in [0.2, 0.25) is 0 Å². The number of azo groups is 1. The average Bonchev–Trinajstić information content (AvgIpc) is 3.19. The summed E-state index contributed by atoms with van der Waals surface area (Å²) in [6, 6.07) is 18.0. The van der Waals surface area contributed by atoms with Gasteiger partial charge < -0.3 is 0 Å². The molecule has 0 aliphatic rings. The van der Waals surface area contributed by atoms with E-state index in [2.05, 4.69) is 20.4 Å². The molecule has 0 saturated heterocycles. The number of benzene rings is 3. The van der Waals surface area contributed by atoms with E-state index in [1.54, 1.807) is 19.2 Å². The fourth-order valence-electron chi connectivity index (χ4n) is 3.00. The van der Waals surface area contributed by atoms with Gasteiger partial charge in [0.15, 0.2) is 5.69 Å². The Hall–Kier alpha value is -3.85. The van der Waals surface area contributed by atoms with Crippen molar-refractivity contribution in [2.24, 2.45) is 17.3 Å². The van der Waals surface area contributed by atoms with Crippen molar-refractivity contribution in [3.8, 4) is 17.1 Å². The van der Waals surface area contributed by atoms with Crippen LogP contribution in [0.3, 0.4) is 0 Å². The Morgan fingerprint density at radius 2 is 1.44 bits per heavy atom. The quantitative estimate of drug-likeness (QED) is 0.231. The van der Waals surface area contributed by atoms with E-state index >= 15 is 0 Å². The first kappa shape index (κ1) is 23.3. The van der Waals surface area contributed by atoms with Crippen molar-refractivity contribution in [1.82, 2.24) is 15.0 Å². The standard InChI is InChI=1S/C20H16N6O6S2/c1-25-23-20(14-5-3-2-4-6-14)24-26(25)18-12-9-16(13-19(18)34(30,31)32)22-21-15-7-10-17(11-8-15)33(27,28)29/h2-13H,1H3,(H-,27,28,29,30,31,32)/p+1. The van der Waals surface area contributed by atoms with Gasteiger partial charge in [0, 0.05) is 4.80 Å². The molecule has 4 aromatic rings. The molecule has 0 amide bonds. The predicted octanol–water partition coefficient (Wildman–Crippen LogP) is 2.67. The third-order valence-corrected chi connectivity index (χ3v) is 6.34. The van der Waals surface area contributed by atoms with Crippen LogP contribution >= 0.6 is 0 Å². The first-order valence-electron chi connectivity index (χ1n) is 9.53. The lowest BCUT2D eigenvalue weighted by Crippen LogP contribution is -2.41. The van der Waals surface area contributed by atoms with Crippen LogP contribution in [0.5, 0.6) is 0 Å². The summed E-state index contributed by atoms with van der Waals surface area (Å²) in [5, 5.41) is 16.5. The molecular weight excluding hydrogens is 484 g/mol. The summed E-state index contributed by atoms with van der Waals surface area (Å²) in [7, 11) is -7.45. The second-order valence-electron chi connectivity index (χ2n) is 6.96. The summed E-state index contributed by atoms with van der Waals surface area (Å²) >= 11 is 0. The number of tetrazole rings is 1. The minimum absolute atomic E-state index is 0.0381. The highest BCUT2D eigenvalue weighted by Crippen LogP contribution is 2.27. The molecular formula is C20H17N6O6S2+. The minimum Gasteiger partial charge on any atom is -0.282 e. The largest absolute Gasteiger partial charge is 0.339 e. The smallest absolute Gasteiger partial charge is 0.282 e. The van der Waals surface area contributed by atoms with E-state index < -0.39 is 25.1 Å². The Bertz CT molecular complexity index is 1600. The maximum absolute atomic E-state index is 12.1. The van der Waals surface area contributed by atoms with E-state index in [4.69, 9.17) is 4.55 Å². The molecule has 0 aliphatic heterocycles. The number of aromatic nitrogens is 4. The van der Waals surface area contributed by atoms with Crippen LogP contribution in [0, 0.1) is 0 Å². The minimum atomic E-state index is -4.68. The van der Waals surface area contributed by atoms with Crippen molar-refractivity contribution < 1.29 is 30.7 Å². The van der Waals surface area contributed by atoms with Crippen LogP contribution in [0.1, 0.15) is 0 Å². The van der Waals surface area contributed by atoms with Crippen LogP contribution in [0.15, 0.2) is 92.8 Å². The fraction of sp³-hybridized carbons (Fsp3) is 0.0500. The highest BCUT2D eigenvalue weighted by molar-refractivity contribution is 7.86. The molecule has 12 nitrogen and oxygen atoms in total. The Morgan fingerprint density at radius 3 is 2.06 bits per heavy atom. The number of hydrogen-bond acceptors (Lipinski definition) is 8. The van der Waals surface area contributed by atoms with Gasteiger partial charge >= 0.3 is 5.82 Å². The first-order valence-corrected chi connectivity index (χ1v) is 12.4. The lowest BCUT2D eigenvalue weighted by atomic mass is 10.2. The number of nitrogens with zero attached hydrogens (tertiary/aromatic N) is 6. The molecule has 2 N–H and O–H groups in total. The van der Waals surface area contributed by atoms with Gasteiger partial charge in [-0.05, 0) is 59.7 Å². The van der Waals surface area contributed by atoms with Crippen LogP contribution < -0.4 is 4.80 Å². The Balaban J connectivity index is 1.71. The van der Waals surface area contributed by atoms with Crippen LogP contribution in [0.4, 0.5) is 11.4 Å². The van der Waals surface area contributed by atoms with Gasteiger partial charge in [-0.2, -0.15) is 27.1 Å². The predicted molar refractivity (Wildman–Crippen MR) is 118 cm³/mol. The van der Waals surface area contributed by atoms with Gasteiger partial charge in [0.05, 0.1) is 26.9 Å². The zero-order valence-electron chi connectivity index (χ0n) is 17.5. The van der Waals surface area contributed by atoms with E-state index in [0.717, 1.165) is 23.8 Å². The second-order valence-corrected chi connectivity index (χ2v) is 9.78. The van der Waals surface area contributed by atoms with E-state index in [1.807, 2.05) is 18.2 Å². The molecule has 174 valence electrons. The van der Waals surface area contributed by atoms with Crippen molar-refractivity contribution in [3.05, 3.63) is 72.8 Å². The Labute approximate surface area is 194 Å². The van der Waals surface area contributed by atoms with Gasteiger partial charge in [0.2, 0.25) is 0 Å². The highest BCUT2D eigenvalue weighted by atomic mass is 32.2. The molecule has 1 heterocycles. The van der Waals surface area contributed by atoms with Gasteiger partial charge in [0.25, 0.3) is 20.2 Å². The molecule has 0 atom stereocenters. The molecule has 3 aromatic carbocycles. The Morgan fingerprint density at radius 1 is 0.824 bits per heavy atom. The van der Waals surface area contributed by atoms with Crippen molar-refractivity contribution in [1.29, 1.82) is 0 Å². The third kappa shape index (κ3) is 5.04. The second kappa shape index (κ2) is 8.83. The molecule has 0 saturated carbocycles. The SMILES string of the molecule is C[n+]1nc(-c2ccccc2)nn1-c1ccc(N=Nc2ccc(S(=O)(=O)O)cc2)cc1S(=O)(=O)O. The molecule has 14 heteroatoms. The van der Waals surface area contributed by atoms with Gasteiger partial charge in [-0.25, -0.2) is 0 Å². The summed E-state index contributed by atoms with van der Waals surface area (Å²) in [6.45, 7) is 0. The average molecular weight is 502 g/mol. The summed E-state index contributed by atoms with van der Waals surface area (Å²) in [5.41, 5.74) is 1.10. The number of rotatable bonds is 6. The zero-order valence-corrected chi connectivity index (χ0v) is 19.1. The highest BCUT2D eigenvalue weighted by Gasteiger charge is 2.26. The van der Waals surface area contributed by atoms with Gasteiger partial charge in [-0.3, -0.25) is 9.11 Å². The van der Waals surface area contributed by atoms with E-state index in [-0.39, 0.29) is 22.0 Å². The van der Waals surface area contributed by atoms with E-state index in [0.29, 0.717) is 5.82 Å². The molecule has 0 fully saturated rings. The van der Waals surface area contributed by atoms with Crippen molar-refractivity contribution in [2.45, 2.75) is 9.79 Å². The summed E-state index contributed by atoms with van der Waals surface area (Å²) in [5.74, 6) is 0.349. The monoisotopic (exact) mass is 501 g/mol. The lowest BCUT2D eigenvalue weighted by Gasteiger charge is -2.04. The first-order chi connectivity index (χ1) is 16.0. The molecule has 0 aliphatic carbocycles. The summed E-state index contributed by atoms with van der Waals surface area (Å²) in [4.78, 5) is 1.77. The van der Waals surface area contributed by atoms with Crippen molar-refractivity contribution in [2.75, 3.05) is 0 Å². The van der Waals surface area contributed by atoms with Crippen molar-refractivity contribution in [3.63, 3.8) is 0 Å². The maximum Gasteiger partial charge on any atom is 0.339 e. The van der Waals surface area contributed by atoms with E-state index in [9.17, 15) is 21.4 Å². The van der Waals surface area contributed by atoms with E-state index in [1.165, 1.54) is 33.9 Å². The van der Waals surface area contributed by atoms with Gasteiger partial charge in [-0.15, -0.1) is 0 Å². The van der Waals surface area contributed by atoms with Gasteiger partial charge in [0.1, 0.15) is 11.9 Å². The van der Waals surface area contributed by atoms with Gasteiger partial charge in [-0.1, -0.05) is 23.0 Å². The normalized spacial score (nSPS) is 12.3.